The Labute approximate surface area is 234 Å². The average Bonchev–Trinajstić information content (AvgIpc) is 2.95. The van der Waals surface area contributed by atoms with E-state index in [9.17, 15) is 22.7 Å². The number of nitrogens with one attached hydrogen (secondary N) is 1. The molecular weight excluding hydrogens is 533 g/mol. The largest absolute Gasteiger partial charge is 0.487 e. The number of rotatable bonds is 7. The van der Waals surface area contributed by atoms with Crippen molar-refractivity contribution >= 4 is 33.9 Å². The lowest BCUT2D eigenvalue weighted by molar-refractivity contribution is 0.0830. The van der Waals surface area contributed by atoms with Crippen LogP contribution in [0, 0.1) is 11.7 Å². The summed E-state index contributed by atoms with van der Waals surface area (Å²) in [5.41, 5.74) is 2.18. The van der Waals surface area contributed by atoms with Crippen molar-refractivity contribution in [1.29, 1.82) is 0 Å². The smallest absolute Gasteiger partial charge is 0.321 e. The van der Waals surface area contributed by atoms with Crippen LogP contribution in [0.15, 0.2) is 77.7 Å². The van der Waals surface area contributed by atoms with Gasteiger partial charge in [0.25, 0.3) is 0 Å². The van der Waals surface area contributed by atoms with Gasteiger partial charge in [-0.3, -0.25) is 0 Å². The van der Waals surface area contributed by atoms with Crippen LogP contribution in [0.3, 0.4) is 0 Å². The van der Waals surface area contributed by atoms with Crippen LogP contribution in [-0.4, -0.2) is 67.7 Å². The Hall–Kier alpha value is -3.73. The van der Waals surface area contributed by atoms with Gasteiger partial charge in [-0.1, -0.05) is 55.5 Å². The van der Waals surface area contributed by atoms with E-state index in [2.05, 4.69) is 5.32 Å². The highest BCUT2D eigenvalue weighted by Crippen LogP contribution is 2.34. The minimum absolute atomic E-state index is 0.0000205. The topological polar surface area (TPSA) is 99.2 Å². The zero-order chi connectivity index (χ0) is 28.9. The molecule has 0 saturated heterocycles. The molecule has 10 heteroatoms. The van der Waals surface area contributed by atoms with Gasteiger partial charge in [-0.25, -0.2) is 17.6 Å². The Kier molecular flexibility index (Phi) is 9.24. The van der Waals surface area contributed by atoms with Crippen molar-refractivity contribution in [1.82, 2.24) is 9.21 Å². The summed E-state index contributed by atoms with van der Waals surface area (Å²) >= 11 is 0. The second-order valence-electron chi connectivity index (χ2n) is 10.0. The summed E-state index contributed by atoms with van der Waals surface area (Å²) in [6.45, 7) is 3.41. The quantitative estimate of drug-likeness (QED) is 0.395. The van der Waals surface area contributed by atoms with Crippen LogP contribution in [-0.2, 0) is 10.0 Å². The molecule has 0 saturated carbocycles. The SMILES string of the molecule is C[C@H](CO)N1C[C@H](C)[C@H](CN(C)C(=O)Nc2ccc(F)cc2)Oc2cc(/C=C/c3ccccc3)ccc2S1(=O)=O. The third kappa shape index (κ3) is 6.88. The van der Waals surface area contributed by atoms with E-state index in [-0.39, 0.29) is 36.3 Å². The van der Waals surface area contributed by atoms with Crippen LogP contribution in [0.4, 0.5) is 14.9 Å². The van der Waals surface area contributed by atoms with Crippen molar-refractivity contribution in [3.63, 3.8) is 0 Å². The summed E-state index contributed by atoms with van der Waals surface area (Å²) in [7, 11) is -2.37. The van der Waals surface area contributed by atoms with E-state index in [1.807, 2.05) is 49.4 Å². The maximum absolute atomic E-state index is 13.7. The lowest BCUT2D eigenvalue weighted by Crippen LogP contribution is -2.50. The second kappa shape index (κ2) is 12.6. The average molecular weight is 568 g/mol. The number of hydrogen-bond donors (Lipinski definition) is 2. The molecule has 0 fully saturated rings. The van der Waals surface area contributed by atoms with E-state index in [0.29, 0.717) is 5.69 Å². The van der Waals surface area contributed by atoms with E-state index in [4.69, 9.17) is 4.74 Å². The number of ether oxygens (including phenoxy) is 1. The molecule has 212 valence electrons. The van der Waals surface area contributed by atoms with E-state index in [1.165, 1.54) is 39.5 Å². The van der Waals surface area contributed by atoms with Gasteiger partial charge >= 0.3 is 6.03 Å². The number of likely N-dealkylation sites (N-methyl/N-ethyl adjacent to an activating group) is 1. The lowest BCUT2D eigenvalue weighted by Gasteiger charge is -2.37. The first-order valence-electron chi connectivity index (χ1n) is 13.0. The van der Waals surface area contributed by atoms with Crippen LogP contribution >= 0.6 is 0 Å². The molecular formula is C30H34FN3O5S. The fourth-order valence-corrected chi connectivity index (χ4v) is 6.25. The highest BCUT2D eigenvalue weighted by atomic mass is 32.2. The third-order valence-electron chi connectivity index (χ3n) is 6.85. The van der Waals surface area contributed by atoms with Gasteiger partial charge < -0.3 is 20.1 Å². The number of halogens is 1. The molecule has 2 N–H and O–H groups in total. The molecule has 4 rings (SSSR count). The van der Waals surface area contributed by atoms with Gasteiger partial charge in [-0.05, 0) is 54.4 Å². The Morgan fingerprint density at radius 1 is 1.12 bits per heavy atom. The normalized spacial score (nSPS) is 19.6. The number of benzene rings is 3. The number of fused-ring (bicyclic) bond motifs is 1. The van der Waals surface area contributed by atoms with E-state index in [1.54, 1.807) is 26.1 Å². The molecule has 3 aromatic rings. The molecule has 0 aliphatic carbocycles. The molecule has 40 heavy (non-hydrogen) atoms. The lowest BCUT2D eigenvalue weighted by atomic mass is 10.0. The summed E-state index contributed by atoms with van der Waals surface area (Å²) in [5.74, 6) is -0.563. The molecule has 3 atom stereocenters. The first kappa shape index (κ1) is 29.3. The zero-order valence-electron chi connectivity index (χ0n) is 22.7. The fraction of sp³-hybridized carbons (Fsp3) is 0.300. The molecule has 0 aromatic heterocycles. The standard InChI is InChI=1S/C30H34FN3O5S/c1-21-18-34(22(2)20-35)40(37,38)29-16-11-24(10-9-23-7-5-4-6-8-23)17-27(29)39-28(21)19-33(3)30(36)32-26-14-12-25(31)13-15-26/h4-17,21-22,28,35H,18-20H2,1-3H3,(H,32,36)/b10-9+/t21-,22+,28-/m0/s1. The molecule has 0 bridgehead atoms. The van der Waals surface area contributed by atoms with Gasteiger partial charge in [-0.15, -0.1) is 0 Å². The van der Waals surface area contributed by atoms with Crippen molar-refractivity contribution in [2.45, 2.75) is 30.9 Å². The summed E-state index contributed by atoms with van der Waals surface area (Å²) in [5, 5.41) is 12.6. The molecule has 0 unspecified atom stereocenters. The number of urea groups is 1. The summed E-state index contributed by atoms with van der Waals surface area (Å²) in [4.78, 5) is 14.3. The molecule has 3 aromatic carbocycles. The third-order valence-corrected chi connectivity index (χ3v) is 8.87. The van der Waals surface area contributed by atoms with Crippen LogP contribution in [0.1, 0.15) is 25.0 Å². The number of aliphatic hydroxyl groups is 1. The maximum atomic E-state index is 13.7. The molecule has 2 amide bonds. The van der Waals surface area contributed by atoms with E-state index in [0.717, 1.165) is 11.1 Å². The van der Waals surface area contributed by atoms with Gasteiger partial charge in [0.1, 0.15) is 22.6 Å². The molecule has 0 spiro atoms. The monoisotopic (exact) mass is 567 g/mol. The predicted molar refractivity (Wildman–Crippen MR) is 154 cm³/mol. The van der Waals surface area contributed by atoms with Crippen LogP contribution in [0.5, 0.6) is 5.75 Å². The number of aliphatic hydroxyl groups excluding tert-OH is 1. The Bertz CT molecular complexity index is 1450. The van der Waals surface area contributed by atoms with E-state index < -0.39 is 34.0 Å². The number of amides is 2. The van der Waals surface area contributed by atoms with Gasteiger partial charge in [0, 0.05) is 31.2 Å². The summed E-state index contributed by atoms with van der Waals surface area (Å²) < 4.78 is 48.3. The number of carbonyl (C=O) groups is 1. The minimum atomic E-state index is -3.98. The minimum Gasteiger partial charge on any atom is -0.487 e. The van der Waals surface area contributed by atoms with Crippen molar-refractivity contribution in [2.24, 2.45) is 5.92 Å². The number of sulfonamides is 1. The number of anilines is 1. The number of hydrogen-bond acceptors (Lipinski definition) is 5. The maximum Gasteiger partial charge on any atom is 0.321 e. The fourth-order valence-electron chi connectivity index (χ4n) is 4.43. The molecule has 8 nitrogen and oxygen atoms in total. The van der Waals surface area contributed by atoms with Gasteiger partial charge in [0.2, 0.25) is 10.0 Å². The van der Waals surface area contributed by atoms with Crippen molar-refractivity contribution in [2.75, 3.05) is 32.1 Å². The van der Waals surface area contributed by atoms with Crippen molar-refractivity contribution in [3.8, 4) is 5.75 Å². The van der Waals surface area contributed by atoms with E-state index >= 15 is 0 Å². The number of carbonyl (C=O) groups excluding carboxylic acids is 1. The van der Waals surface area contributed by atoms with Crippen LogP contribution < -0.4 is 10.1 Å². The van der Waals surface area contributed by atoms with Gasteiger partial charge in [-0.2, -0.15) is 4.31 Å². The first-order valence-corrected chi connectivity index (χ1v) is 14.5. The second-order valence-corrected chi connectivity index (χ2v) is 11.9. The van der Waals surface area contributed by atoms with Crippen LogP contribution in [0.25, 0.3) is 12.2 Å². The van der Waals surface area contributed by atoms with Crippen molar-refractivity contribution < 1.29 is 27.4 Å². The number of nitrogens with zero attached hydrogens (tertiary/aromatic N) is 2. The Morgan fingerprint density at radius 3 is 2.48 bits per heavy atom. The van der Waals surface area contributed by atoms with Gasteiger partial charge in [0.05, 0.1) is 13.2 Å². The predicted octanol–water partition coefficient (Wildman–Crippen LogP) is 4.93. The first-order chi connectivity index (χ1) is 19.1. The molecule has 1 aliphatic rings. The Balaban J connectivity index is 1.64. The molecule has 0 radical (unpaired) electrons. The Morgan fingerprint density at radius 2 is 1.80 bits per heavy atom. The highest BCUT2D eigenvalue weighted by molar-refractivity contribution is 7.89. The van der Waals surface area contributed by atoms with Crippen molar-refractivity contribution in [3.05, 3.63) is 89.7 Å². The molecule has 1 heterocycles. The highest BCUT2D eigenvalue weighted by Gasteiger charge is 2.38. The summed E-state index contributed by atoms with van der Waals surface area (Å²) in [6.07, 6.45) is 3.23. The zero-order valence-corrected chi connectivity index (χ0v) is 23.5. The van der Waals surface area contributed by atoms with Gasteiger partial charge in [0.15, 0.2) is 0 Å². The summed E-state index contributed by atoms with van der Waals surface area (Å²) in [6, 6.07) is 19.0. The van der Waals surface area contributed by atoms with Crippen LogP contribution in [0.2, 0.25) is 0 Å². The molecule has 1 aliphatic heterocycles.